The highest BCUT2D eigenvalue weighted by atomic mass is 19.1. The van der Waals surface area contributed by atoms with Crippen LogP contribution in [0.5, 0.6) is 11.5 Å². The van der Waals surface area contributed by atoms with Crippen molar-refractivity contribution in [3.8, 4) is 22.8 Å². The van der Waals surface area contributed by atoms with E-state index in [2.05, 4.69) is 10.3 Å². The van der Waals surface area contributed by atoms with Gasteiger partial charge in [-0.2, -0.15) is 0 Å². The largest absolute Gasteiger partial charge is 0.457 e. The maximum atomic E-state index is 13.4. The van der Waals surface area contributed by atoms with Crippen LogP contribution in [0.3, 0.4) is 0 Å². The molecule has 0 unspecified atom stereocenters. The molecule has 3 aromatic carbocycles. The third-order valence-corrected chi connectivity index (χ3v) is 5.21. The quantitative estimate of drug-likeness (QED) is 0.352. The average Bonchev–Trinajstić information content (AvgIpc) is 2.83. The lowest BCUT2D eigenvalue weighted by atomic mass is 10.1. The number of hydrogen-bond donors (Lipinski definition) is 1. The third-order valence-electron chi connectivity index (χ3n) is 5.21. The molecule has 0 saturated heterocycles. The number of carbonyl (C=O) groups excluding carboxylic acids is 2. The van der Waals surface area contributed by atoms with Gasteiger partial charge in [0.05, 0.1) is 5.69 Å². The van der Waals surface area contributed by atoms with Crippen LogP contribution in [-0.2, 0) is 6.54 Å². The standard InChI is InChI=1S/C27H20F2N2O3/c1-17-24(27(33)31-15-19-11-21(28)13-22(29)12-19)3-2-4-26(17)34-23-9-10-30-25(14-23)20-7-5-18(16-32)6-8-20/h2-14,16H,15H2,1H3,(H,31,33). The minimum Gasteiger partial charge on any atom is -0.457 e. The molecule has 7 heteroatoms. The number of amides is 1. The van der Waals surface area contributed by atoms with E-state index in [1.54, 1.807) is 67.7 Å². The number of hydrogen-bond acceptors (Lipinski definition) is 4. The van der Waals surface area contributed by atoms with Gasteiger partial charge in [-0.05, 0) is 42.8 Å². The summed E-state index contributed by atoms with van der Waals surface area (Å²) >= 11 is 0. The maximum absolute atomic E-state index is 13.4. The molecule has 4 rings (SSSR count). The van der Waals surface area contributed by atoms with Crippen LogP contribution in [0.25, 0.3) is 11.3 Å². The average molecular weight is 458 g/mol. The number of benzene rings is 3. The van der Waals surface area contributed by atoms with Crippen LogP contribution in [-0.4, -0.2) is 17.2 Å². The van der Waals surface area contributed by atoms with E-state index in [9.17, 15) is 18.4 Å². The molecule has 0 bridgehead atoms. The summed E-state index contributed by atoms with van der Waals surface area (Å²) in [6.45, 7) is 1.74. The monoisotopic (exact) mass is 458 g/mol. The fourth-order valence-corrected chi connectivity index (χ4v) is 3.45. The normalized spacial score (nSPS) is 10.6. The Hall–Kier alpha value is -4.39. The molecule has 1 amide bonds. The molecule has 1 aromatic heterocycles. The first-order chi connectivity index (χ1) is 16.4. The summed E-state index contributed by atoms with van der Waals surface area (Å²) in [5, 5.41) is 2.68. The lowest BCUT2D eigenvalue weighted by molar-refractivity contribution is 0.0949. The molecule has 0 aliphatic heterocycles. The van der Waals surface area contributed by atoms with E-state index in [1.165, 1.54) is 12.1 Å². The lowest BCUT2D eigenvalue weighted by Crippen LogP contribution is -2.23. The molecule has 0 fully saturated rings. The minimum atomic E-state index is -0.702. The second-order valence-electron chi connectivity index (χ2n) is 7.61. The molecule has 34 heavy (non-hydrogen) atoms. The SMILES string of the molecule is Cc1c(Oc2ccnc(-c3ccc(C=O)cc3)c2)cccc1C(=O)NCc1cc(F)cc(F)c1. The van der Waals surface area contributed by atoms with Crippen LogP contribution in [0.15, 0.2) is 79.0 Å². The molecule has 0 radical (unpaired) electrons. The van der Waals surface area contributed by atoms with Gasteiger partial charge in [0.1, 0.15) is 29.4 Å². The molecule has 0 atom stereocenters. The summed E-state index contributed by atoms with van der Waals surface area (Å²) < 4.78 is 32.8. The van der Waals surface area contributed by atoms with Crippen molar-refractivity contribution in [3.05, 3.63) is 113 Å². The summed E-state index contributed by atoms with van der Waals surface area (Å²) in [6, 6.07) is 18.7. The predicted octanol–water partition coefficient (Wildman–Crippen LogP) is 5.87. The smallest absolute Gasteiger partial charge is 0.251 e. The van der Waals surface area contributed by atoms with Gasteiger partial charge in [-0.3, -0.25) is 14.6 Å². The molecule has 0 spiro atoms. The Bertz CT molecular complexity index is 1330. The summed E-state index contributed by atoms with van der Waals surface area (Å²) in [7, 11) is 0. The van der Waals surface area contributed by atoms with Crippen molar-refractivity contribution in [1.29, 1.82) is 0 Å². The molecule has 0 aliphatic rings. The van der Waals surface area contributed by atoms with Crippen LogP contribution in [0.1, 0.15) is 31.8 Å². The molecular formula is C27H20F2N2O3. The van der Waals surface area contributed by atoms with Gasteiger partial charge in [0.2, 0.25) is 0 Å². The Balaban J connectivity index is 1.50. The number of ether oxygens (including phenoxy) is 1. The van der Waals surface area contributed by atoms with Crippen LogP contribution >= 0.6 is 0 Å². The molecule has 4 aromatic rings. The highest BCUT2D eigenvalue weighted by Gasteiger charge is 2.14. The Kier molecular flexibility index (Phi) is 6.73. The topological polar surface area (TPSA) is 68.3 Å². The number of halogens is 2. The van der Waals surface area contributed by atoms with Gasteiger partial charge in [0, 0.05) is 47.1 Å². The molecule has 5 nitrogen and oxygen atoms in total. The zero-order chi connectivity index (χ0) is 24.1. The summed E-state index contributed by atoms with van der Waals surface area (Å²) in [5.41, 5.74) is 3.39. The highest BCUT2D eigenvalue weighted by molar-refractivity contribution is 5.96. The zero-order valence-electron chi connectivity index (χ0n) is 18.2. The first-order valence-electron chi connectivity index (χ1n) is 10.5. The van der Waals surface area contributed by atoms with Gasteiger partial charge in [0.25, 0.3) is 5.91 Å². The van der Waals surface area contributed by atoms with Crippen molar-refractivity contribution in [1.82, 2.24) is 10.3 Å². The van der Waals surface area contributed by atoms with Gasteiger partial charge >= 0.3 is 0 Å². The van der Waals surface area contributed by atoms with Crippen LogP contribution in [0, 0.1) is 18.6 Å². The molecule has 0 aliphatic carbocycles. The van der Waals surface area contributed by atoms with Crippen molar-refractivity contribution in [2.75, 3.05) is 0 Å². The van der Waals surface area contributed by atoms with Crippen molar-refractivity contribution in [3.63, 3.8) is 0 Å². The second kappa shape index (κ2) is 10.0. The second-order valence-corrected chi connectivity index (χ2v) is 7.61. The first kappa shape index (κ1) is 22.8. The number of aldehydes is 1. The van der Waals surface area contributed by atoms with E-state index in [-0.39, 0.29) is 6.54 Å². The predicted molar refractivity (Wildman–Crippen MR) is 124 cm³/mol. The number of aromatic nitrogens is 1. The van der Waals surface area contributed by atoms with Gasteiger partial charge < -0.3 is 10.1 Å². The molecular weight excluding hydrogens is 438 g/mol. The summed E-state index contributed by atoms with van der Waals surface area (Å²) in [6.07, 6.45) is 2.39. The lowest BCUT2D eigenvalue weighted by Gasteiger charge is -2.13. The number of rotatable bonds is 7. The van der Waals surface area contributed by atoms with E-state index in [4.69, 9.17) is 4.74 Å². The molecule has 0 saturated carbocycles. The van der Waals surface area contributed by atoms with Crippen LogP contribution in [0.4, 0.5) is 8.78 Å². The Morgan fingerprint density at radius 1 is 1.00 bits per heavy atom. The minimum absolute atomic E-state index is 0.0192. The van der Waals surface area contributed by atoms with Crippen molar-refractivity contribution in [2.45, 2.75) is 13.5 Å². The highest BCUT2D eigenvalue weighted by Crippen LogP contribution is 2.29. The molecule has 170 valence electrons. The maximum Gasteiger partial charge on any atom is 0.251 e. The van der Waals surface area contributed by atoms with Gasteiger partial charge in [-0.25, -0.2) is 8.78 Å². The van der Waals surface area contributed by atoms with Crippen molar-refractivity contribution in [2.24, 2.45) is 0 Å². The summed E-state index contributed by atoms with van der Waals surface area (Å²) in [4.78, 5) is 27.9. The van der Waals surface area contributed by atoms with E-state index < -0.39 is 17.5 Å². The van der Waals surface area contributed by atoms with Gasteiger partial charge in [-0.15, -0.1) is 0 Å². The fourth-order valence-electron chi connectivity index (χ4n) is 3.45. The molecule has 1 N–H and O–H groups in total. The van der Waals surface area contributed by atoms with Crippen LogP contribution in [0.2, 0.25) is 0 Å². The van der Waals surface area contributed by atoms with E-state index in [0.717, 1.165) is 17.9 Å². The van der Waals surface area contributed by atoms with Crippen molar-refractivity contribution < 1.29 is 23.1 Å². The van der Waals surface area contributed by atoms with E-state index in [1.807, 2.05) is 0 Å². The summed E-state index contributed by atoms with van der Waals surface area (Å²) in [5.74, 6) is -0.781. The number of carbonyl (C=O) groups is 2. The number of nitrogens with zero attached hydrogens (tertiary/aromatic N) is 1. The van der Waals surface area contributed by atoms with Gasteiger partial charge in [0.15, 0.2) is 0 Å². The third kappa shape index (κ3) is 5.32. The fraction of sp³-hybridized carbons (Fsp3) is 0.0741. The van der Waals surface area contributed by atoms with Crippen molar-refractivity contribution >= 4 is 12.2 Å². The Morgan fingerprint density at radius 3 is 2.44 bits per heavy atom. The van der Waals surface area contributed by atoms with Crippen LogP contribution < -0.4 is 10.1 Å². The van der Waals surface area contributed by atoms with E-state index in [0.29, 0.717) is 39.4 Å². The van der Waals surface area contributed by atoms with Gasteiger partial charge in [-0.1, -0.05) is 30.3 Å². The number of pyridine rings is 1. The van der Waals surface area contributed by atoms with E-state index >= 15 is 0 Å². The Labute approximate surface area is 195 Å². The molecule has 1 heterocycles. The number of nitrogens with one attached hydrogen (secondary N) is 1. The Morgan fingerprint density at radius 2 is 1.74 bits per heavy atom. The first-order valence-corrected chi connectivity index (χ1v) is 10.5. The zero-order valence-corrected chi connectivity index (χ0v) is 18.2.